The molecular formula is C23H24ClN3O2. The Kier molecular flexibility index (Phi) is 5.67. The molecule has 150 valence electrons. The molecule has 1 heterocycles. The molecule has 29 heavy (non-hydrogen) atoms. The molecule has 4 rings (SSSR count). The summed E-state index contributed by atoms with van der Waals surface area (Å²) >= 11 is 6.22. The summed E-state index contributed by atoms with van der Waals surface area (Å²) in [5.74, 6) is 0.561. The normalized spacial score (nSPS) is 19.2. The predicted molar refractivity (Wildman–Crippen MR) is 116 cm³/mol. The van der Waals surface area contributed by atoms with Crippen LogP contribution in [0.15, 0.2) is 53.3 Å². The highest BCUT2D eigenvalue weighted by atomic mass is 35.5. The van der Waals surface area contributed by atoms with Crippen LogP contribution in [0.5, 0.6) is 0 Å². The van der Waals surface area contributed by atoms with Crippen LogP contribution in [0.3, 0.4) is 0 Å². The predicted octanol–water partition coefficient (Wildman–Crippen LogP) is 4.41. The summed E-state index contributed by atoms with van der Waals surface area (Å²) in [6.45, 7) is 2.19. The molecule has 0 bridgehead atoms. The monoisotopic (exact) mass is 409 g/mol. The summed E-state index contributed by atoms with van der Waals surface area (Å²) in [5.41, 5.74) is 1.63. The van der Waals surface area contributed by atoms with Gasteiger partial charge >= 0.3 is 5.69 Å². The summed E-state index contributed by atoms with van der Waals surface area (Å²) in [6, 6.07) is 15.0. The second-order valence-electron chi connectivity index (χ2n) is 7.88. The first kappa shape index (κ1) is 19.6. The van der Waals surface area contributed by atoms with Crippen LogP contribution < -0.4 is 11.0 Å². The van der Waals surface area contributed by atoms with Crippen molar-refractivity contribution >= 4 is 28.4 Å². The van der Waals surface area contributed by atoms with E-state index in [1.54, 1.807) is 18.2 Å². The van der Waals surface area contributed by atoms with Crippen LogP contribution >= 0.6 is 11.6 Å². The van der Waals surface area contributed by atoms with Gasteiger partial charge in [0.15, 0.2) is 0 Å². The van der Waals surface area contributed by atoms with Gasteiger partial charge in [-0.2, -0.15) is 4.98 Å². The van der Waals surface area contributed by atoms with E-state index in [4.69, 9.17) is 11.6 Å². The van der Waals surface area contributed by atoms with Gasteiger partial charge < -0.3 is 5.32 Å². The molecular weight excluding hydrogens is 386 g/mol. The van der Waals surface area contributed by atoms with E-state index in [0.717, 1.165) is 36.6 Å². The number of carbonyl (C=O) groups is 1. The van der Waals surface area contributed by atoms with Crippen molar-refractivity contribution in [1.29, 1.82) is 0 Å². The average molecular weight is 410 g/mol. The highest BCUT2D eigenvalue weighted by Gasteiger charge is 2.21. The maximum absolute atomic E-state index is 12.8. The minimum Gasteiger partial charge on any atom is -0.352 e. The van der Waals surface area contributed by atoms with E-state index in [0.29, 0.717) is 22.2 Å². The Balaban J connectivity index is 1.67. The van der Waals surface area contributed by atoms with E-state index in [-0.39, 0.29) is 18.5 Å². The van der Waals surface area contributed by atoms with Crippen LogP contribution in [0.1, 0.15) is 32.6 Å². The van der Waals surface area contributed by atoms with Crippen molar-refractivity contribution in [1.82, 2.24) is 14.9 Å². The molecule has 1 aliphatic carbocycles. The van der Waals surface area contributed by atoms with Gasteiger partial charge in [0.1, 0.15) is 6.54 Å². The third kappa shape index (κ3) is 4.35. The second kappa shape index (κ2) is 8.37. The van der Waals surface area contributed by atoms with Gasteiger partial charge in [-0.25, -0.2) is 4.79 Å². The Morgan fingerprint density at radius 2 is 1.86 bits per heavy atom. The van der Waals surface area contributed by atoms with Crippen LogP contribution in [0.25, 0.3) is 22.2 Å². The van der Waals surface area contributed by atoms with Crippen molar-refractivity contribution in [2.45, 2.75) is 45.2 Å². The number of amides is 1. The Morgan fingerprint density at radius 1 is 1.14 bits per heavy atom. The minimum atomic E-state index is -0.439. The number of nitrogens with one attached hydrogen (secondary N) is 1. The Morgan fingerprint density at radius 3 is 2.59 bits per heavy atom. The number of aromatic nitrogens is 2. The molecule has 0 spiro atoms. The summed E-state index contributed by atoms with van der Waals surface area (Å²) < 4.78 is 1.43. The van der Waals surface area contributed by atoms with Gasteiger partial charge in [-0.3, -0.25) is 9.36 Å². The lowest BCUT2D eigenvalue weighted by molar-refractivity contribution is -0.122. The fraction of sp³-hybridized carbons (Fsp3) is 0.348. The highest BCUT2D eigenvalue weighted by Crippen LogP contribution is 2.28. The molecule has 0 aliphatic heterocycles. The highest BCUT2D eigenvalue weighted by molar-refractivity contribution is 6.31. The molecule has 1 aliphatic rings. The lowest BCUT2D eigenvalue weighted by Gasteiger charge is -2.27. The van der Waals surface area contributed by atoms with E-state index >= 15 is 0 Å². The van der Waals surface area contributed by atoms with E-state index in [1.165, 1.54) is 4.57 Å². The third-order valence-electron chi connectivity index (χ3n) is 5.67. The molecule has 3 aromatic rings. The number of nitrogens with zero attached hydrogens (tertiary/aromatic N) is 2. The van der Waals surface area contributed by atoms with Gasteiger partial charge in [-0.15, -0.1) is 0 Å². The van der Waals surface area contributed by atoms with E-state index in [9.17, 15) is 9.59 Å². The van der Waals surface area contributed by atoms with E-state index < -0.39 is 5.69 Å². The molecule has 0 unspecified atom stereocenters. The maximum Gasteiger partial charge on any atom is 0.349 e. The summed E-state index contributed by atoms with van der Waals surface area (Å²) in [5, 5.41) is 4.40. The van der Waals surface area contributed by atoms with E-state index in [2.05, 4.69) is 17.2 Å². The second-order valence-corrected chi connectivity index (χ2v) is 8.32. The smallest absolute Gasteiger partial charge is 0.349 e. The first-order chi connectivity index (χ1) is 14.0. The first-order valence-electron chi connectivity index (χ1n) is 10.1. The molecule has 0 radical (unpaired) electrons. The molecule has 1 N–H and O–H groups in total. The lowest BCUT2D eigenvalue weighted by Crippen LogP contribution is -2.41. The van der Waals surface area contributed by atoms with Crippen molar-refractivity contribution in [2.75, 3.05) is 0 Å². The molecule has 1 amide bonds. The summed E-state index contributed by atoms with van der Waals surface area (Å²) in [7, 11) is 0. The molecule has 1 fully saturated rings. The van der Waals surface area contributed by atoms with Crippen molar-refractivity contribution in [3.63, 3.8) is 0 Å². The van der Waals surface area contributed by atoms with Crippen molar-refractivity contribution < 1.29 is 4.79 Å². The molecule has 0 saturated heterocycles. The Bertz CT molecular complexity index is 1090. The standard InChI is InChI=1S/C23H24ClN3O2/c1-15-7-10-18(11-8-15)25-21(28)14-27-20-12-9-17(24)13-19(20)22(26-23(27)29)16-5-3-2-4-6-16/h2-6,9,12-13,15,18H,7-8,10-11,14H2,1H3,(H,25,28). The number of fused-ring (bicyclic) bond motifs is 1. The van der Waals surface area contributed by atoms with E-state index in [1.807, 2.05) is 30.3 Å². The Hall–Kier alpha value is -2.66. The van der Waals surface area contributed by atoms with Crippen molar-refractivity contribution in [3.8, 4) is 11.3 Å². The largest absolute Gasteiger partial charge is 0.352 e. The number of carbonyl (C=O) groups excluding carboxylic acids is 1. The number of halogens is 1. The first-order valence-corrected chi connectivity index (χ1v) is 10.4. The summed E-state index contributed by atoms with van der Waals surface area (Å²) in [4.78, 5) is 29.8. The topological polar surface area (TPSA) is 64.0 Å². The van der Waals surface area contributed by atoms with Crippen LogP contribution in [0.4, 0.5) is 0 Å². The molecule has 5 nitrogen and oxygen atoms in total. The van der Waals surface area contributed by atoms with Crippen LogP contribution in [0.2, 0.25) is 5.02 Å². The molecule has 1 saturated carbocycles. The van der Waals surface area contributed by atoms with Gasteiger partial charge in [0.2, 0.25) is 5.91 Å². The number of rotatable bonds is 4. The van der Waals surface area contributed by atoms with Gasteiger partial charge in [-0.05, 0) is 49.8 Å². The maximum atomic E-state index is 12.8. The minimum absolute atomic E-state index is 0.0505. The lowest BCUT2D eigenvalue weighted by atomic mass is 9.87. The van der Waals surface area contributed by atoms with Gasteiger partial charge in [0, 0.05) is 22.0 Å². The van der Waals surface area contributed by atoms with Gasteiger partial charge in [0.05, 0.1) is 11.2 Å². The third-order valence-corrected chi connectivity index (χ3v) is 5.91. The fourth-order valence-electron chi connectivity index (χ4n) is 4.04. The Labute approximate surface area is 174 Å². The zero-order chi connectivity index (χ0) is 20.4. The zero-order valence-electron chi connectivity index (χ0n) is 16.4. The summed E-state index contributed by atoms with van der Waals surface area (Å²) in [6.07, 6.45) is 4.23. The number of hydrogen-bond donors (Lipinski definition) is 1. The van der Waals surface area contributed by atoms with Crippen LogP contribution in [-0.2, 0) is 11.3 Å². The molecule has 2 aromatic carbocycles. The van der Waals surface area contributed by atoms with Crippen molar-refractivity contribution in [3.05, 3.63) is 64.0 Å². The molecule has 0 atom stereocenters. The number of hydrogen-bond acceptors (Lipinski definition) is 3. The van der Waals surface area contributed by atoms with Gasteiger partial charge in [0.25, 0.3) is 0 Å². The molecule has 1 aromatic heterocycles. The molecule has 6 heteroatoms. The SMILES string of the molecule is CC1CCC(NC(=O)Cn2c(=O)nc(-c3ccccc3)c3cc(Cl)ccc32)CC1. The number of benzene rings is 2. The van der Waals surface area contributed by atoms with Crippen molar-refractivity contribution in [2.24, 2.45) is 5.92 Å². The fourth-order valence-corrected chi connectivity index (χ4v) is 4.21. The zero-order valence-corrected chi connectivity index (χ0v) is 17.2. The van der Waals surface area contributed by atoms with Crippen LogP contribution in [0, 0.1) is 5.92 Å². The quantitative estimate of drug-likeness (QED) is 0.694. The van der Waals surface area contributed by atoms with Crippen LogP contribution in [-0.4, -0.2) is 21.5 Å². The average Bonchev–Trinajstić information content (AvgIpc) is 2.72. The van der Waals surface area contributed by atoms with Gasteiger partial charge in [-0.1, -0.05) is 48.9 Å².